The molecule has 0 amide bonds. The highest BCUT2D eigenvalue weighted by Gasteiger charge is 2.32. The van der Waals surface area contributed by atoms with E-state index in [2.05, 4.69) is 12.2 Å². The molecule has 0 radical (unpaired) electrons. The van der Waals surface area contributed by atoms with E-state index < -0.39 is 0 Å². The minimum Gasteiger partial charge on any atom is -0.354 e. The molecule has 0 saturated heterocycles. The van der Waals surface area contributed by atoms with Crippen LogP contribution < -0.4 is 5.32 Å². The number of hydrogen-bond acceptors (Lipinski definition) is 3. The second kappa shape index (κ2) is 7.25. The Morgan fingerprint density at radius 2 is 1.94 bits per heavy atom. The van der Waals surface area contributed by atoms with Crippen LogP contribution in [-0.2, 0) is 9.47 Å². The summed E-state index contributed by atoms with van der Waals surface area (Å²) in [6.45, 7) is 2.30. The van der Waals surface area contributed by atoms with E-state index in [9.17, 15) is 0 Å². The van der Waals surface area contributed by atoms with Crippen molar-refractivity contribution in [2.24, 2.45) is 11.8 Å². The Kier molecular flexibility index (Phi) is 6.32. The Hall–Kier alpha value is -0.120. The topological polar surface area (TPSA) is 30.5 Å². The molecular weight excluding hydrogens is 202 g/mol. The predicted molar refractivity (Wildman–Crippen MR) is 66.4 cm³/mol. The van der Waals surface area contributed by atoms with Crippen molar-refractivity contribution in [1.82, 2.24) is 5.32 Å². The van der Waals surface area contributed by atoms with Gasteiger partial charge in [0.05, 0.1) is 6.04 Å². The number of likely N-dealkylation sites (N-methyl/N-ethyl adjacent to an activating group) is 1. The van der Waals surface area contributed by atoms with Crippen LogP contribution in [0.25, 0.3) is 0 Å². The minimum atomic E-state index is -0.120. The molecule has 1 N–H and O–H groups in total. The first kappa shape index (κ1) is 13.9. The van der Waals surface area contributed by atoms with E-state index in [1.54, 1.807) is 14.2 Å². The molecule has 1 saturated carbocycles. The van der Waals surface area contributed by atoms with Gasteiger partial charge in [-0.25, -0.2) is 0 Å². The van der Waals surface area contributed by atoms with Gasteiger partial charge in [-0.1, -0.05) is 26.2 Å². The predicted octanol–water partition coefficient (Wildman–Crippen LogP) is 2.41. The molecule has 16 heavy (non-hydrogen) atoms. The third-order valence-corrected chi connectivity index (χ3v) is 4.00. The molecule has 1 aliphatic rings. The van der Waals surface area contributed by atoms with Gasteiger partial charge in [0.25, 0.3) is 0 Å². The zero-order valence-electron chi connectivity index (χ0n) is 11.2. The molecule has 0 aliphatic heterocycles. The van der Waals surface area contributed by atoms with E-state index in [0.29, 0.717) is 12.0 Å². The summed E-state index contributed by atoms with van der Waals surface area (Å²) in [6, 6.07) is 0.323. The summed E-state index contributed by atoms with van der Waals surface area (Å²) in [4.78, 5) is 0. The van der Waals surface area contributed by atoms with Crippen molar-refractivity contribution in [1.29, 1.82) is 0 Å². The van der Waals surface area contributed by atoms with Crippen LogP contribution in [0.2, 0.25) is 0 Å². The molecule has 3 unspecified atom stereocenters. The SMILES string of the molecule is CCC1CCCC(C(NC)C(OC)OC)C1. The van der Waals surface area contributed by atoms with Crippen molar-refractivity contribution in [2.75, 3.05) is 21.3 Å². The lowest BCUT2D eigenvalue weighted by Gasteiger charge is -2.37. The molecule has 96 valence electrons. The van der Waals surface area contributed by atoms with E-state index in [0.717, 1.165) is 5.92 Å². The van der Waals surface area contributed by atoms with E-state index >= 15 is 0 Å². The zero-order chi connectivity index (χ0) is 12.0. The molecule has 3 heteroatoms. The van der Waals surface area contributed by atoms with Crippen molar-refractivity contribution in [3.05, 3.63) is 0 Å². The van der Waals surface area contributed by atoms with Gasteiger partial charge in [0.2, 0.25) is 0 Å². The number of rotatable bonds is 6. The molecule has 0 aromatic carbocycles. The van der Waals surface area contributed by atoms with Crippen molar-refractivity contribution >= 4 is 0 Å². The van der Waals surface area contributed by atoms with Crippen LogP contribution in [0, 0.1) is 11.8 Å². The van der Waals surface area contributed by atoms with Gasteiger partial charge in [-0.15, -0.1) is 0 Å². The lowest BCUT2D eigenvalue weighted by molar-refractivity contribution is -0.135. The highest BCUT2D eigenvalue weighted by Crippen LogP contribution is 2.34. The Balaban J connectivity index is 2.57. The van der Waals surface area contributed by atoms with E-state index in [4.69, 9.17) is 9.47 Å². The molecule has 1 rings (SSSR count). The first-order valence-corrected chi connectivity index (χ1v) is 6.49. The van der Waals surface area contributed by atoms with Crippen LogP contribution in [0.15, 0.2) is 0 Å². The Labute approximate surface area is 99.9 Å². The van der Waals surface area contributed by atoms with Crippen molar-refractivity contribution in [3.63, 3.8) is 0 Å². The highest BCUT2D eigenvalue weighted by molar-refractivity contribution is 4.83. The molecule has 0 heterocycles. The summed E-state index contributed by atoms with van der Waals surface area (Å²) in [5, 5.41) is 3.37. The lowest BCUT2D eigenvalue weighted by Crippen LogP contribution is -2.47. The average Bonchev–Trinajstić information content (AvgIpc) is 2.35. The van der Waals surface area contributed by atoms with Crippen LogP contribution in [0.4, 0.5) is 0 Å². The molecule has 0 aromatic rings. The molecule has 3 nitrogen and oxygen atoms in total. The van der Waals surface area contributed by atoms with Crippen molar-refractivity contribution < 1.29 is 9.47 Å². The van der Waals surface area contributed by atoms with Crippen LogP contribution in [0.1, 0.15) is 39.0 Å². The van der Waals surface area contributed by atoms with Gasteiger partial charge in [0.1, 0.15) is 0 Å². The molecule has 0 bridgehead atoms. The maximum atomic E-state index is 5.39. The number of methoxy groups -OCH3 is 2. The fraction of sp³-hybridized carbons (Fsp3) is 1.00. The summed E-state index contributed by atoms with van der Waals surface area (Å²) in [5.41, 5.74) is 0. The average molecular weight is 229 g/mol. The largest absolute Gasteiger partial charge is 0.354 e. The maximum absolute atomic E-state index is 5.39. The van der Waals surface area contributed by atoms with E-state index in [-0.39, 0.29) is 6.29 Å². The summed E-state index contributed by atoms with van der Waals surface area (Å²) in [5.74, 6) is 1.58. The minimum absolute atomic E-state index is 0.120. The third kappa shape index (κ3) is 3.44. The Morgan fingerprint density at radius 1 is 1.25 bits per heavy atom. The lowest BCUT2D eigenvalue weighted by atomic mass is 9.76. The fourth-order valence-electron chi connectivity index (χ4n) is 3.01. The van der Waals surface area contributed by atoms with Crippen LogP contribution in [0.5, 0.6) is 0 Å². The van der Waals surface area contributed by atoms with Gasteiger partial charge in [-0.3, -0.25) is 0 Å². The van der Waals surface area contributed by atoms with Crippen LogP contribution in [-0.4, -0.2) is 33.6 Å². The first-order valence-electron chi connectivity index (χ1n) is 6.49. The van der Waals surface area contributed by atoms with E-state index in [1.165, 1.54) is 32.1 Å². The number of ether oxygens (including phenoxy) is 2. The second-order valence-corrected chi connectivity index (χ2v) is 4.86. The van der Waals surface area contributed by atoms with Gasteiger partial charge >= 0.3 is 0 Å². The summed E-state index contributed by atoms with van der Waals surface area (Å²) < 4.78 is 10.8. The third-order valence-electron chi connectivity index (χ3n) is 4.00. The van der Waals surface area contributed by atoms with Gasteiger partial charge < -0.3 is 14.8 Å². The number of hydrogen-bond donors (Lipinski definition) is 1. The van der Waals surface area contributed by atoms with Crippen LogP contribution in [0.3, 0.4) is 0 Å². The van der Waals surface area contributed by atoms with Gasteiger partial charge in [-0.2, -0.15) is 0 Å². The normalized spacial score (nSPS) is 28.3. The smallest absolute Gasteiger partial charge is 0.172 e. The highest BCUT2D eigenvalue weighted by atomic mass is 16.7. The molecule has 1 aliphatic carbocycles. The van der Waals surface area contributed by atoms with Gasteiger partial charge in [0, 0.05) is 14.2 Å². The molecular formula is C13H27NO2. The summed E-state index contributed by atoms with van der Waals surface area (Å²) in [6.07, 6.45) is 6.54. The van der Waals surface area contributed by atoms with Crippen molar-refractivity contribution in [3.8, 4) is 0 Å². The van der Waals surface area contributed by atoms with E-state index in [1.807, 2.05) is 7.05 Å². The first-order chi connectivity index (χ1) is 7.76. The molecule has 0 spiro atoms. The second-order valence-electron chi connectivity index (χ2n) is 4.86. The quantitative estimate of drug-likeness (QED) is 0.710. The molecule has 3 atom stereocenters. The Bertz CT molecular complexity index is 183. The Morgan fingerprint density at radius 3 is 2.44 bits per heavy atom. The fourth-order valence-corrected chi connectivity index (χ4v) is 3.01. The molecule has 0 aromatic heterocycles. The number of nitrogens with one attached hydrogen (secondary N) is 1. The standard InChI is InChI=1S/C13H27NO2/c1-5-10-7-6-8-11(9-10)12(14-2)13(15-3)16-4/h10-14H,5-9H2,1-4H3. The summed E-state index contributed by atoms with van der Waals surface area (Å²) >= 11 is 0. The van der Waals surface area contributed by atoms with Crippen molar-refractivity contribution in [2.45, 2.75) is 51.4 Å². The van der Waals surface area contributed by atoms with Gasteiger partial charge in [0.15, 0.2) is 6.29 Å². The maximum Gasteiger partial charge on any atom is 0.172 e. The zero-order valence-corrected chi connectivity index (χ0v) is 11.2. The summed E-state index contributed by atoms with van der Waals surface area (Å²) in [7, 11) is 5.45. The molecule has 1 fully saturated rings. The van der Waals surface area contributed by atoms with Gasteiger partial charge in [-0.05, 0) is 31.7 Å². The monoisotopic (exact) mass is 229 g/mol. The van der Waals surface area contributed by atoms with Crippen LogP contribution >= 0.6 is 0 Å².